The molecule has 1 aromatic heterocycles. The van der Waals surface area contributed by atoms with E-state index >= 15 is 0 Å². The maximum Gasteiger partial charge on any atom is 0.188 e. The lowest BCUT2D eigenvalue weighted by molar-refractivity contribution is 1.18. The molecular weight excluding hydrogens is 625 g/mol. The van der Waals surface area contributed by atoms with Crippen LogP contribution in [0.15, 0.2) is 170 Å². The zero-order valence-electron chi connectivity index (χ0n) is 27.0. The molecule has 0 saturated heterocycles. The van der Waals surface area contributed by atoms with Crippen LogP contribution in [0.2, 0.25) is 0 Å². The van der Waals surface area contributed by atoms with Crippen LogP contribution in [0, 0.1) is 24.5 Å². The summed E-state index contributed by atoms with van der Waals surface area (Å²) in [5, 5.41) is 16.4. The normalized spacial score (nSPS) is 11.1. The Morgan fingerprint density at radius 3 is 1.76 bits per heavy atom. The molecule has 0 N–H and O–H groups in total. The fraction of sp³-hybridized carbons (Fsp3) is 0. The van der Waals surface area contributed by atoms with Crippen molar-refractivity contribution < 1.29 is 0 Å². The van der Waals surface area contributed by atoms with E-state index in [1.54, 1.807) is 0 Å². The summed E-state index contributed by atoms with van der Waals surface area (Å²) in [6.45, 7) is 16.1. The van der Waals surface area contributed by atoms with Crippen molar-refractivity contribution >= 4 is 62.0 Å². The maximum absolute atomic E-state index is 9.87. The highest BCUT2D eigenvalue weighted by Gasteiger charge is 2.42. The summed E-state index contributed by atoms with van der Waals surface area (Å²) in [5.74, 6) is 0. The van der Waals surface area contributed by atoms with Crippen molar-refractivity contribution in [3.05, 3.63) is 198 Å². The Kier molecular flexibility index (Phi) is 7.63. The number of aromatic nitrogens is 1. The van der Waals surface area contributed by atoms with Crippen LogP contribution in [0.1, 0.15) is 5.56 Å². The predicted molar refractivity (Wildman–Crippen MR) is 207 cm³/mol. The quantitative estimate of drug-likeness (QED) is 0.101. The van der Waals surface area contributed by atoms with Gasteiger partial charge in [-0.15, -0.1) is 0 Å². The predicted octanol–water partition coefficient (Wildman–Crippen LogP) is 8.80. The number of nitriles is 1. The van der Waals surface area contributed by atoms with Gasteiger partial charge in [-0.2, -0.15) is 5.26 Å². The van der Waals surface area contributed by atoms with Gasteiger partial charge in [0.25, 0.3) is 0 Å². The minimum atomic E-state index is -3.01. The first kappa shape index (κ1) is 30.4. The molecule has 0 aliphatic rings. The van der Waals surface area contributed by atoms with E-state index in [0.29, 0.717) is 16.9 Å². The Morgan fingerprint density at radius 1 is 0.540 bits per heavy atom. The molecule has 0 unspecified atom stereocenters. The van der Waals surface area contributed by atoms with E-state index in [1.807, 2.05) is 72.8 Å². The van der Waals surface area contributed by atoms with E-state index in [-0.39, 0.29) is 0 Å². The molecular formula is C45H28N4Si. The standard InChI is InChI=1S/C45H28N4Si/c1-47-34-24-27-43-40(30-34)39-25-22-32(31-46)28-44(39)49(43)42-21-13-12-20-38(42)33-23-26-41(48-2)45(29-33)50(35-14-6-3-7-15-35,36-16-8-4-9-17-36)37-18-10-5-11-19-37/h3-30H. The highest BCUT2D eigenvalue weighted by molar-refractivity contribution is 7.20. The van der Waals surface area contributed by atoms with Gasteiger partial charge in [0.2, 0.25) is 0 Å². The first-order valence-electron chi connectivity index (χ1n) is 16.3. The third-order valence-electron chi connectivity index (χ3n) is 9.61. The van der Waals surface area contributed by atoms with Gasteiger partial charge in [-0.25, -0.2) is 9.69 Å². The van der Waals surface area contributed by atoms with E-state index in [2.05, 4.69) is 117 Å². The Bertz CT molecular complexity index is 2580. The molecule has 4 nitrogen and oxygen atoms in total. The van der Waals surface area contributed by atoms with Crippen molar-refractivity contribution in [1.82, 2.24) is 4.57 Å². The summed E-state index contributed by atoms with van der Waals surface area (Å²) in [4.78, 5) is 7.86. The van der Waals surface area contributed by atoms with Crippen LogP contribution < -0.4 is 20.7 Å². The highest BCUT2D eigenvalue weighted by atomic mass is 28.3. The molecule has 0 atom stereocenters. The Balaban J connectivity index is 1.46. The van der Waals surface area contributed by atoms with Gasteiger partial charge in [0.05, 0.1) is 41.5 Å². The number of rotatable bonds is 6. The number of para-hydroxylation sites is 1. The largest absolute Gasteiger partial charge is 0.309 e. The molecule has 0 aliphatic carbocycles. The lowest BCUT2D eigenvalue weighted by Gasteiger charge is -2.35. The van der Waals surface area contributed by atoms with Crippen molar-refractivity contribution in [2.75, 3.05) is 0 Å². The summed E-state index contributed by atoms with van der Waals surface area (Å²) < 4.78 is 2.20. The Hall–Kier alpha value is -6.97. The van der Waals surface area contributed by atoms with Crippen LogP contribution in [-0.2, 0) is 0 Å². The molecule has 8 rings (SSSR count). The van der Waals surface area contributed by atoms with Crippen LogP contribution in [-0.4, -0.2) is 12.6 Å². The van der Waals surface area contributed by atoms with Crippen LogP contribution in [0.3, 0.4) is 0 Å². The molecule has 0 saturated carbocycles. The molecule has 1 heterocycles. The molecule has 0 bridgehead atoms. The number of hydrogen-bond acceptors (Lipinski definition) is 1. The number of benzene rings is 7. The summed E-state index contributed by atoms with van der Waals surface area (Å²) in [6.07, 6.45) is 0. The van der Waals surface area contributed by atoms with Crippen molar-refractivity contribution in [1.29, 1.82) is 5.26 Å². The van der Waals surface area contributed by atoms with Crippen molar-refractivity contribution in [3.63, 3.8) is 0 Å². The van der Waals surface area contributed by atoms with Crippen molar-refractivity contribution in [2.24, 2.45) is 0 Å². The zero-order chi connectivity index (χ0) is 34.1. The highest BCUT2D eigenvalue weighted by Crippen LogP contribution is 2.38. The molecule has 0 radical (unpaired) electrons. The van der Waals surface area contributed by atoms with Gasteiger partial charge in [-0.3, -0.25) is 0 Å². The Morgan fingerprint density at radius 2 is 1.16 bits per heavy atom. The number of fused-ring (bicyclic) bond motifs is 3. The maximum atomic E-state index is 9.87. The van der Waals surface area contributed by atoms with Crippen molar-refractivity contribution in [2.45, 2.75) is 0 Å². The molecule has 0 amide bonds. The first-order valence-corrected chi connectivity index (χ1v) is 18.3. The van der Waals surface area contributed by atoms with Crippen LogP contribution in [0.25, 0.3) is 48.3 Å². The Labute approximate surface area is 292 Å². The van der Waals surface area contributed by atoms with Gasteiger partial charge in [0.1, 0.15) is 0 Å². The summed E-state index contributed by atoms with van der Waals surface area (Å²) >= 11 is 0. The van der Waals surface area contributed by atoms with Gasteiger partial charge in [-0.05, 0) is 62.0 Å². The van der Waals surface area contributed by atoms with E-state index in [9.17, 15) is 5.26 Å². The van der Waals surface area contributed by atoms with Crippen LogP contribution >= 0.6 is 0 Å². The fourth-order valence-corrected chi connectivity index (χ4v) is 12.4. The SMILES string of the molecule is [C-]#[N+]c1ccc2c(c1)c1ccc(C#N)cc1n2-c1ccccc1-c1ccc([N+]#[C-])c([Si](c2ccccc2)(c2ccccc2)c2ccccc2)c1. The molecule has 232 valence electrons. The molecule has 5 heteroatoms. The third kappa shape index (κ3) is 4.80. The summed E-state index contributed by atoms with van der Waals surface area (Å²) in [6, 6.07) is 60.4. The molecule has 50 heavy (non-hydrogen) atoms. The van der Waals surface area contributed by atoms with E-state index < -0.39 is 8.07 Å². The first-order chi connectivity index (χ1) is 24.7. The summed E-state index contributed by atoms with van der Waals surface area (Å²) in [5.41, 5.74) is 6.56. The average molecular weight is 653 g/mol. The lowest BCUT2D eigenvalue weighted by Crippen LogP contribution is -2.74. The van der Waals surface area contributed by atoms with E-state index in [4.69, 9.17) is 13.1 Å². The number of hydrogen-bond donors (Lipinski definition) is 0. The lowest BCUT2D eigenvalue weighted by atomic mass is 10.0. The molecule has 0 aliphatic heterocycles. The second-order valence-corrected chi connectivity index (χ2v) is 16.0. The average Bonchev–Trinajstić information content (AvgIpc) is 3.52. The van der Waals surface area contributed by atoms with Crippen LogP contribution in [0.4, 0.5) is 11.4 Å². The van der Waals surface area contributed by atoms with Gasteiger partial charge < -0.3 is 4.57 Å². The molecule has 0 fully saturated rings. The second kappa shape index (κ2) is 12.6. The topological polar surface area (TPSA) is 37.4 Å². The second-order valence-electron chi connectivity index (χ2n) is 12.2. The summed E-state index contributed by atoms with van der Waals surface area (Å²) in [7, 11) is -3.01. The van der Waals surface area contributed by atoms with Gasteiger partial charge >= 0.3 is 0 Å². The fourth-order valence-electron chi connectivity index (χ4n) is 7.45. The minimum Gasteiger partial charge on any atom is -0.309 e. The van der Waals surface area contributed by atoms with E-state index in [0.717, 1.165) is 43.8 Å². The molecule has 8 aromatic rings. The minimum absolute atomic E-state index is 0.567. The van der Waals surface area contributed by atoms with Gasteiger partial charge in [0, 0.05) is 10.9 Å². The van der Waals surface area contributed by atoms with Gasteiger partial charge in [0.15, 0.2) is 19.4 Å². The van der Waals surface area contributed by atoms with Crippen molar-refractivity contribution in [3.8, 4) is 22.9 Å². The van der Waals surface area contributed by atoms with E-state index in [1.165, 1.54) is 15.6 Å². The monoisotopic (exact) mass is 652 g/mol. The zero-order valence-corrected chi connectivity index (χ0v) is 28.0. The molecule has 7 aromatic carbocycles. The van der Waals surface area contributed by atoms with Crippen LogP contribution in [0.5, 0.6) is 0 Å². The molecule has 0 spiro atoms. The third-order valence-corrected chi connectivity index (χ3v) is 14.4. The van der Waals surface area contributed by atoms with Gasteiger partial charge in [-0.1, -0.05) is 140 Å². The smallest absolute Gasteiger partial charge is 0.188 e. The number of nitrogens with zero attached hydrogens (tertiary/aromatic N) is 4.